The molecule has 2 fully saturated rings. The SMILES string of the molecule is CCOC(=O)c1cc2cc(NC(=O)[C@@H]3[C@H](C4CCC(OC)CC4)CCN3C(=O)OC(C)(C)C)ccc2[nH]1. The first kappa shape index (κ1) is 27.0. The number of aromatic nitrogens is 1. The number of H-pyrrole nitrogens is 1. The molecule has 202 valence electrons. The Morgan fingerprint density at radius 3 is 2.46 bits per heavy atom. The van der Waals surface area contributed by atoms with E-state index in [1.165, 1.54) is 0 Å². The molecule has 2 aliphatic rings. The number of carbonyl (C=O) groups is 3. The standard InChI is InChI=1S/C28H39N3O6/c1-6-36-26(33)23-16-18-15-19(9-12-22(18)30-23)29-25(32)24-21(17-7-10-20(35-5)11-8-17)13-14-31(24)27(34)37-28(2,3)4/h9,12,15-17,20-21,24,30H,6-8,10-11,13-14H2,1-5H3,(H,29,32)/t17?,20?,21-,24-/m0/s1. The Bertz CT molecular complexity index is 1130. The Morgan fingerprint density at radius 1 is 1.08 bits per heavy atom. The third-order valence-corrected chi connectivity index (χ3v) is 7.38. The average Bonchev–Trinajstić information content (AvgIpc) is 3.48. The first-order valence-corrected chi connectivity index (χ1v) is 13.2. The first-order valence-electron chi connectivity index (χ1n) is 13.2. The van der Waals surface area contributed by atoms with Gasteiger partial charge in [-0.2, -0.15) is 0 Å². The van der Waals surface area contributed by atoms with Crippen LogP contribution in [-0.4, -0.2) is 65.9 Å². The summed E-state index contributed by atoms with van der Waals surface area (Å²) in [4.78, 5) is 43.6. The van der Waals surface area contributed by atoms with Crippen LogP contribution in [0.3, 0.4) is 0 Å². The number of carbonyl (C=O) groups excluding carboxylic acids is 3. The quantitative estimate of drug-likeness (QED) is 0.519. The summed E-state index contributed by atoms with van der Waals surface area (Å²) in [6, 6.07) is 6.52. The molecule has 1 saturated heterocycles. The second-order valence-electron chi connectivity index (χ2n) is 11.0. The summed E-state index contributed by atoms with van der Waals surface area (Å²) in [6.45, 7) is 8.03. The van der Waals surface area contributed by atoms with E-state index in [-0.39, 0.29) is 17.9 Å². The Kier molecular flexibility index (Phi) is 8.11. The number of ether oxygens (including phenoxy) is 3. The fourth-order valence-electron chi connectivity index (χ4n) is 5.67. The van der Waals surface area contributed by atoms with Crippen molar-refractivity contribution in [2.24, 2.45) is 11.8 Å². The number of esters is 1. The van der Waals surface area contributed by atoms with Gasteiger partial charge in [0.05, 0.1) is 12.7 Å². The van der Waals surface area contributed by atoms with Crippen molar-refractivity contribution in [3.8, 4) is 0 Å². The molecule has 2 atom stereocenters. The highest BCUT2D eigenvalue weighted by atomic mass is 16.6. The van der Waals surface area contributed by atoms with Crippen molar-refractivity contribution >= 4 is 34.6 Å². The van der Waals surface area contributed by atoms with Gasteiger partial charge in [-0.3, -0.25) is 9.69 Å². The van der Waals surface area contributed by atoms with Crippen molar-refractivity contribution < 1.29 is 28.6 Å². The maximum Gasteiger partial charge on any atom is 0.410 e. The van der Waals surface area contributed by atoms with E-state index < -0.39 is 23.7 Å². The zero-order valence-corrected chi connectivity index (χ0v) is 22.5. The monoisotopic (exact) mass is 513 g/mol. The van der Waals surface area contributed by atoms with Crippen LogP contribution in [0.15, 0.2) is 24.3 Å². The Balaban J connectivity index is 1.55. The number of nitrogens with one attached hydrogen (secondary N) is 2. The molecule has 2 heterocycles. The maximum atomic E-state index is 13.7. The topological polar surface area (TPSA) is 110 Å². The molecule has 0 radical (unpaired) electrons. The number of fused-ring (bicyclic) bond motifs is 1. The molecule has 2 aromatic rings. The molecular weight excluding hydrogens is 474 g/mol. The van der Waals surface area contributed by atoms with Crippen LogP contribution < -0.4 is 5.32 Å². The van der Waals surface area contributed by atoms with Crippen LogP contribution >= 0.6 is 0 Å². The molecule has 37 heavy (non-hydrogen) atoms. The number of nitrogens with zero attached hydrogens (tertiary/aromatic N) is 1. The van der Waals surface area contributed by atoms with Crippen molar-refractivity contribution in [1.82, 2.24) is 9.88 Å². The summed E-state index contributed by atoms with van der Waals surface area (Å²) in [5.74, 6) is -0.248. The number of anilines is 1. The minimum Gasteiger partial charge on any atom is -0.461 e. The van der Waals surface area contributed by atoms with Crippen LogP contribution in [0.1, 0.15) is 70.3 Å². The van der Waals surface area contributed by atoms with E-state index in [1.807, 2.05) is 32.9 Å². The molecule has 0 bridgehead atoms. The molecule has 9 nitrogen and oxygen atoms in total. The number of hydrogen-bond donors (Lipinski definition) is 2. The number of likely N-dealkylation sites (tertiary alicyclic amines) is 1. The molecule has 1 aromatic heterocycles. The number of aromatic amines is 1. The summed E-state index contributed by atoms with van der Waals surface area (Å²) in [7, 11) is 1.75. The summed E-state index contributed by atoms with van der Waals surface area (Å²) in [5.41, 5.74) is 1.08. The molecule has 1 aliphatic carbocycles. The second kappa shape index (κ2) is 11.1. The smallest absolute Gasteiger partial charge is 0.410 e. The third kappa shape index (κ3) is 6.26. The molecule has 1 saturated carbocycles. The van der Waals surface area contributed by atoms with Crippen LogP contribution in [0, 0.1) is 11.8 Å². The highest BCUT2D eigenvalue weighted by Gasteiger charge is 2.47. The van der Waals surface area contributed by atoms with Crippen LogP contribution in [-0.2, 0) is 19.0 Å². The number of amides is 2. The van der Waals surface area contributed by atoms with Gasteiger partial charge in [0.2, 0.25) is 5.91 Å². The lowest BCUT2D eigenvalue weighted by Gasteiger charge is -2.35. The molecule has 0 spiro atoms. The number of rotatable bonds is 6. The van der Waals surface area contributed by atoms with Crippen molar-refractivity contribution in [1.29, 1.82) is 0 Å². The van der Waals surface area contributed by atoms with Crippen molar-refractivity contribution in [2.75, 3.05) is 25.6 Å². The summed E-state index contributed by atoms with van der Waals surface area (Å²) in [5, 5.41) is 3.82. The van der Waals surface area contributed by atoms with E-state index in [0.717, 1.165) is 43.0 Å². The first-order chi connectivity index (χ1) is 17.6. The van der Waals surface area contributed by atoms with Crippen molar-refractivity contribution in [2.45, 2.75) is 77.5 Å². The normalized spacial score (nSPS) is 24.2. The fourth-order valence-corrected chi connectivity index (χ4v) is 5.67. The Hall–Kier alpha value is -3.07. The summed E-state index contributed by atoms with van der Waals surface area (Å²) >= 11 is 0. The third-order valence-electron chi connectivity index (χ3n) is 7.38. The second-order valence-corrected chi connectivity index (χ2v) is 11.0. The van der Waals surface area contributed by atoms with Crippen LogP contribution in [0.25, 0.3) is 10.9 Å². The zero-order valence-electron chi connectivity index (χ0n) is 22.5. The van der Waals surface area contributed by atoms with Gasteiger partial charge in [-0.1, -0.05) is 0 Å². The molecule has 1 aromatic carbocycles. The predicted molar refractivity (Wildman–Crippen MR) is 140 cm³/mol. The lowest BCUT2D eigenvalue weighted by Crippen LogP contribution is -2.49. The highest BCUT2D eigenvalue weighted by Crippen LogP contribution is 2.40. The summed E-state index contributed by atoms with van der Waals surface area (Å²) < 4.78 is 16.3. The lowest BCUT2D eigenvalue weighted by atomic mass is 9.75. The van der Waals surface area contributed by atoms with Gasteiger partial charge in [-0.25, -0.2) is 9.59 Å². The van der Waals surface area contributed by atoms with Gasteiger partial charge in [0.1, 0.15) is 17.3 Å². The minimum atomic E-state index is -0.650. The zero-order chi connectivity index (χ0) is 26.7. The number of methoxy groups -OCH3 is 1. The van der Waals surface area contributed by atoms with Gasteiger partial charge in [0.15, 0.2) is 0 Å². The van der Waals surface area contributed by atoms with Gasteiger partial charge in [-0.15, -0.1) is 0 Å². The van der Waals surface area contributed by atoms with Crippen molar-refractivity contribution in [3.05, 3.63) is 30.0 Å². The van der Waals surface area contributed by atoms with E-state index in [2.05, 4.69) is 10.3 Å². The molecule has 9 heteroatoms. The van der Waals surface area contributed by atoms with Gasteiger partial charge in [0.25, 0.3) is 0 Å². The molecule has 2 N–H and O–H groups in total. The molecule has 1 aliphatic heterocycles. The Labute approximate surface area is 218 Å². The lowest BCUT2D eigenvalue weighted by molar-refractivity contribution is -0.122. The average molecular weight is 514 g/mol. The largest absolute Gasteiger partial charge is 0.461 e. The van der Waals surface area contributed by atoms with Gasteiger partial charge in [0, 0.05) is 30.2 Å². The molecule has 2 amide bonds. The van der Waals surface area contributed by atoms with Crippen molar-refractivity contribution in [3.63, 3.8) is 0 Å². The maximum absolute atomic E-state index is 13.7. The van der Waals surface area contributed by atoms with E-state index in [9.17, 15) is 14.4 Å². The highest BCUT2D eigenvalue weighted by molar-refractivity contribution is 6.00. The minimum absolute atomic E-state index is 0.0525. The van der Waals surface area contributed by atoms with E-state index >= 15 is 0 Å². The number of hydrogen-bond acceptors (Lipinski definition) is 6. The van der Waals surface area contributed by atoms with Gasteiger partial charge < -0.3 is 24.5 Å². The Morgan fingerprint density at radius 2 is 1.81 bits per heavy atom. The molecular formula is C28H39N3O6. The fraction of sp³-hybridized carbons (Fsp3) is 0.607. The molecule has 0 unspecified atom stereocenters. The van der Waals surface area contributed by atoms with Gasteiger partial charge >= 0.3 is 12.1 Å². The van der Waals surface area contributed by atoms with Gasteiger partial charge in [-0.05, 0) is 95.9 Å². The number of benzene rings is 1. The predicted octanol–water partition coefficient (Wildman–Crippen LogP) is 5.11. The van der Waals surface area contributed by atoms with Crippen LogP contribution in [0.2, 0.25) is 0 Å². The summed E-state index contributed by atoms with van der Waals surface area (Å²) in [6.07, 6.45) is 4.44. The molecule has 4 rings (SSSR count). The van der Waals surface area contributed by atoms with E-state index in [4.69, 9.17) is 14.2 Å². The van der Waals surface area contributed by atoms with E-state index in [0.29, 0.717) is 30.5 Å². The van der Waals surface area contributed by atoms with Crippen LogP contribution in [0.5, 0.6) is 0 Å². The van der Waals surface area contributed by atoms with Crippen LogP contribution in [0.4, 0.5) is 10.5 Å². The van der Waals surface area contributed by atoms with E-state index in [1.54, 1.807) is 31.1 Å².